The van der Waals surface area contributed by atoms with Crippen LogP contribution in [0.15, 0.2) is 30.5 Å². The number of hydrogen-bond donors (Lipinski definition) is 1. The molecule has 1 aliphatic rings. The maximum Gasteiger partial charge on any atom is 0.158 e. The molecule has 1 aromatic carbocycles. The molecule has 6 heteroatoms. The van der Waals surface area contributed by atoms with Crippen LogP contribution in [0.1, 0.15) is 30.5 Å². The fraction of sp³-hybridized carbons (Fsp3) is 0.467. The molecule has 0 radical (unpaired) electrons. The first kappa shape index (κ1) is 14.2. The number of hydrogen-bond acceptors (Lipinski definition) is 5. The molecular weight excluding hydrogens is 268 g/mol. The first-order chi connectivity index (χ1) is 10.3. The molecule has 1 aliphatic heterocycles. The predicted molar refractivity (Wildman–Crippen MR) is 77.6 cm³/mol. The minimum atomic E-state index is -0.104. The van der Waals surface area contributed by atoms with Gasteiger partial charge in [-0.2, -0.15) is 0 Å². The zero-order valence-electron chi connectivity index (χ0n) is 11.9. The lowest BCUT2D eigenvalue weighted by Crippen LogP contribution is -2.22. The summed E-state index contributed by atoms with van der Waals surface area (Å²) in [6.45, 7) is 1.74. The minimum absolute atomic E-state index is 0.104. The first-order valence-electron chi connectivity index (χ1n) is 7.29. The van der Waals surface area contributed by atoms with E-state index >= 15 is 0 Å². The number of aromatic nitrogens is 3. The molecule has 2 N–H and O–H groups in total. The van der Waals surface area contributed by atoms with Crippen molar-refractivity contribution in [3.05, 3.63) is 41.7 Å². The van der Waals surface area contributed by atoms with Crippen molar-refractivity contribution >= 4 is 0 Å². The van der Waals surface area contributed by atoms with Gasteiger partial charge in [-0.25, -0.2) is 4.68 Å². The van der Waals surface area contributed by atoms with Crippen molar-refractivity contribution in [3.8, 4) is 5.69 Å². The molecule has 0 bridgehead atoms. The van der Waals surface area contributed by atoms with Gasteiger partial charge in [0, 0.05) is 13.2 Å². The number of rotatable bonds is 5. The van der Waals surface area contributed by atoms with E-state index in [4.69, 9.17) is 15.2 Å². The molecule has 1 atom stereocenters. The smallest absolute Gasteiger partial charge is 0.158 e. The van der Waals surface area contributed by atoms with Crippen LogP contribution >= 0.6 is 0 Å². The van der Waals surface area contributed by atoms with E-state index in [0.717, 1.165) is 42.8 Å². The third-order valence-corrected chi connectivity index (χ3v) is 3.53. The van der Waals surface area contributed by atoms with E-state index in [1.165, 1.54) is 0 Å². The van der Waals surface area contributed by atoms with Crippen molar-refractivity contribution in [3.63, 3.8) is 0 Å². The molecule has 0 spiro atoms. The van der Waals surface area contributed by atoms with Crippen LogP contribution in [0, 0.1) is 0 Å². The lowest BCUT2D eigenvalue weighted by Gasteiger charge is -2.22. The van der Waals surface area contributed by atoms with Crippen LogP contribution in [0.5, 0.6) is 0 Å². The Hall–Kier alpha value is -1.76. The maximum atomic E-state index is 5.70. The Morgan fingerprint density at radius 1 is 1.29 bits per heavy atom. The summed E-state index contributed by atoms with van der Waals surface area (Å²) >= 11 is 0. The van der Waals surface area contributed by atoms with E-state index in [1.54, 1.807) is 4.68 Å². The van der Waals surface area contributed by atoms with Gasteiger partial charge >= 0.3 is 0 Å². The van der Waals surface area contributed by atoms with Crippen LogP contribution in [-0.4, -0.2) is 27.9 Å². The molecule has 1 aromatic heterocycles. The van der Waals surface area contributed by atoms with Crippen molar-refractivity contribution < 1.29 is 9.47 Å². The van der Waals surface area contributed by atoms with Gasteiger partial charge in [0.05, 0.1) is 18.5 Å². The molecule has 1 saturated heterocycles. The van der Waals surface area contributed by atoms with Gasteiger partial charge in [-0.05, 0) is 37.0 Å². The lowest BCUT2D eigenvalue weighted by atomic mass is 10.2. The van der Waals surface area contributed by atoms with Gasteiger partial charge in [0.1, 0.15) is 5.69 Å². The summed E-state index contributed by atoms with van der Waals surface area (Å²) in [4.78, 5) is 0. The van der Waals surface area contributed by atoms with Crippen LogP contribution in [0.4, 0.5) is 0 Å². The normalized spacial score (nSPS) is 18.8. The highest BCUT2D eigenvalue weighted by molar-refractivity contribution is 5.33. The molecule has 3 rings (SSSR count). The SMILES string of the molecule is NCc1ccc(-n2cc(COC3CCCCO3)nn2)cc1. The van der Waals surface area contributed by atoms with Gasteiger partial charge in [0.25, 0.3) is 0 Å². The van der Waals surface area contributed by atoms with Crippen molar-refractivity contribution in [2.75, 3.05) is 6.61 Å². The fourth-order valence-corrected chi connectivity index (χ4v) is 2.30. The number of nitrogens with two attached hydrogens (primary N) is 1. The van der Waals surface area contributed by atoms with Gasteiger partial charge in [-0.15, -0.1) is 5.10 Å². The van der Waals surface area contributed by atoms with Gasteiger partial charge in [-0.1, -0.05) is 17.3 Å². The van der Waals surface area contributed by atoms with E-state index in [9.17, 15) is 0 Å². The van der Waals surface area contributed by atoms with Crippen molar-refractivity contribution in [2.45, 2.75) is 38.7 Å². The summed E-state index contributed by atoms with van der Waals surface area (Å²) in [5.41, 5.74) is 8.44. The Kier molecular flexibility index (Phi) is 4.59. The molecule has 112 valence electrons. The van der Waals surface area contributed by atoms with Crippen LogP contribution < -0.4 is 5.73 Å². The molecule has 0 aliphatic carbocycles. The molecule has 21 heavy (non-hydrogen) atoms. The Balaban J connectivity index is 1.59. The second-order valence-corrected chi connectivity index (χ2v) is 5.13. The van der Waals surface area contributed by atoms with E-state index in [2.05, 4.69) is 10.3 Å². The molecule has 2 aromatic rings. The third-order valence-electron chi connectivity index (χ3n) is 3.53. The molecule has 1 unspecified atom stereocenters. The van der Waals surface area contributed by atoms with Gasteiger partial charge in [0.15, 0.2) is 6.29 Å². The molecule has 0 saturated carbocycles. The second kappa shape index (κ2) is 6.80. The average molecular weight is 288 g/mol. The summed E-state index contributed by atoms with van der Waals surface area (Å²) < 4.78 is 13.0. The molecular formula is C15H20N4O2. The predicted octanol–water partition coefficient (Wildman–Crippen LogP) is 1.77. The minimum Gasteiger partial charge on any atom is -0.353 e. The van der Waals surface area contributed by atoms with Crippen molar-refractivity contribution in [1.82, 2.24) is 15.0 Å². The highest BCUT2D eigenvalue weighted by Gasteiger charge is 2.14. The monoisotopic (exact) mass is 288 g/mol. The molecule has 6 nitrogen and oxygen atoms in total. The summed E-state index contributed by atoms with van der Waals surface area (Å²) in [5, 5.41) is 8.25. The highest BCUT2D eigenvalue weighted by Crippen LogP contribution is 2.15. The lowest BCUT2D eigenvalue weighted by molar-refractivity contribution is -0.169. The van der Waals surface area contributed by atoms with Crippen LogP contribution in [0.2, 0.25) is 0 Å². The van der Waals surface area contributed by atoms with Crippen molar-refractivity contribution in [2.24, 2.45) is 5.73 Å². The number of benzene rings is 1. The zero-order valence-corrected chi connectivity index (χ0v) is 11.9. The van der Waals surface area contributed by atoms with E-state index in [0.29, 0.717) is 13.2 Å². The fourth-order valence-electron chi connectivity index (χ4n) is 2.30. The number of ether oxygens (including phenoxy) is 2. The Morgan fingerprint density at radius 2 is 2.14 bits per heavy atom. The molecule has 1 fully saturated rings. The third kappa shape index (κ3) is 3.66. The van der Waals surface area contributed by atoms with E-state index in [-0.39, 0.29) is 6.29 Å². The Morgan fingerprint density at radius 3 is 2.86 bits per heavy atom. The van der Waals surface area contributed by atoms with Crippen LogP contribution in [0.3, 0.4) is 0 Å². The number of nitrogens with zero attached hydrogens (tertiary/aromatic N) is 3. The summed E-state index contributed by atoms with van der Waals surface area (Å²) in [6.07, 6.45) is 5.00. The van der Waals surface area contributed by atoms with Crippen molar-refractivity contribution in [1.29, 1.82) is 0 Å². The topological polar surface area (TPSA) is 75.2 Å². The van der Waals surface area contributed by atoms with E-state index < -0.39 is 0 Å². The summed E-state index contributed by atoms with van der Waals surface area (Å²) in [6, 6.07) is 7.93. The maximum absolute atomic E-state index is 5.70. The van der Waals surface area contributed by atoms with Gasteiger partial charge < -0.3 is 15.2 Å². The largest absolute Gasteiger partial charge is 0.353 e. The molecule has 0 amide bonds. The Bertz CT molecular complexity index is 561. The van der Waals surface area contributed by atoms with E-state index in [1.807, 2.05) is 30.5 Å². The quantitative estimate of drug-likeness (QED) is 0.907. The summed E-state index contributed by atoms with van der Waals surface area (Å²) in [5.74, 6) is 0. The van der Waals surface area contributed by atoms with Crippen LogP contribution in [-0.2, 0) is 22.6 Å². The first-order valence-corrected chi connectivity index (χ1v) is 7.29. The zero-order chi connectivity index (χ0) is 14.5. The molecule has 2 heterocycles. The standard InChI is InChI=1S/C15H20N4O2/c16-9-12-4-6-14(7-5-12)19-10-13(17-18-19)11-21-15-3-1-2-8-20-15/h4-7,10,15H,1-3,8-9,11,16H2. The van der Waals surface area contributed by atoms with Crippen LogP contribution in [0.25, 0.3) is 5.69 Å². The highest BCUT2D eigenvalue weighted by atomic mass is 16.7. The van der Waals surface area contributed by atoms with Gasteiger partial charge in [0.2, 0.25) is 0 Å². The second-order valence-electron chi connectivity index (χ2n) is 5.13. The van der Waals surface area contributed by atoms with Gasteiger partial charge in [-0.3, -0.25) is 0 Å². The summed E-state index contributed by atoms with van der Waals surface area (Å²) in [7, 11) is 0. The Labute approximate surface area is 123 Å². The average Bonchev–Trinajstić information content (AvgIpc) is 3.03.